The number of nitrogens with zero attached hydrogens (tertiary/aromatic N) is 1. The molecule has 0 bridgehead atoms. The molecular weight excluding hydrogens is 320 g/mol. The number of hydrogen-bond donors (Lipinski definition) is 1. The highest BCUT2D eigenvalue weighted by Crippen LogP contribution is 2.24. The molecule has 0 spiro atoms. The first kappa shape index (κ1) is 12.6. The molecule has 0 saturated carbocycles. The molecule has 1 N–H and O–H groups in total. The highest BCUT2D eigenvalue weighted by molar-refractivity contribution is 9.10. The summed E-state index contributed by atoms with van der Waals surface area (Å²) in [6, 6.07) is 12.5. The van der Waals surface area contributed by atoms with Crippen molar-refractivity contribution < 1.29 is 0 Å². The predicted octanol–water partition coefficient (Wildman–Crippen LogP) is 5.07. The van der Waals surface area contributed by atoms with E-state index < -0.39 is 0 Å². The molecule has 3 aromatic rings. The maximum absolute atomic E-state index is 5.45. The Morgan fingerprint density at radius 1 is 1.05 bits per heavy atom. The number of nitrogens with one attached hydrogen (secondary N) is 1. The first-order valence-electron chi connectivity index (χ1n) is 6.04. The van der Waals surface area contributed by atoms with Crippen LogP contribution in [-0.4, -0.2) is 9.55 Å². The number of halogens is 1. The van der Waals surface area contributed by atoms with Crippen LogP contribution in [0.5, 0.6) is 0 Å². The van der Waals surface area contributed by atoms with Crippen molar-refractivity contribution in [3.05, 3.63) is 56.8 Å². The Kier molecular flexibility index (Phi) is 3.07. The van der Waals surface area contributed by atoms with Crippen LogP contribution in [0, 0.1) is 18.6 Å². The summed E-state index contributed by atoms with van der Waals surface area (Å²) in [4.78, 5) is 3.24. The number of aryl methyl sites for hydroxylation is 2. The van der Waals surface area contributed by atoms with Crippen LogP contribution in [0.1, 0.15) is 11.1 Å². The summed E-state index contributed by atoms with van der Waals surface area (Å²) in [5.74, 6) is 0. The molecule has 4 heteroatoms. The maximum Gasteiger partial charge on any atom is 0.182 e. The van der Waals surface area contributed by atoms with Gasteiger partial charge in [0.2, 0.25) is 0 Å². The van der Waals surface area contributed by atoms with Crippen LogP contribution >= 0.6 is 28.1 Å². The van der Waals surface area contributed by atoms with Crippen LogP contribution in [0.25, 0.3) is 16.7 Å². The van der Waals surface area contributed by atoms with Crippen molar-refractivity contribution in [2.24, 2.45) is 0 Å². The van der Waals surface area contributed by atoms with Gasteiger partial charge in [-0.3, -0.25) is 4.57 Å². The van der Waals surface area contributed by atoms with E-state index in [-0.39, 0.29) is 0 Å². The Labute approximate surface area is 125 Å². The summed E-state index contributed by atoms with van der Waals surface area (Å²) < 4.78 is 3.84. The summed E-state index contributed by atoms with van der Waals surface area (Å²) in [5, 5.41) is 0. The number of fused-ring (bicyclic) bond motifs is 1. The Hall–Kier alpha value is -1.39. The number of aromatic nitrogens is 2. The Bertz CT molecular complexity index is 830. The van der Waals surface area contributed by atoms with Crippen LogP contribution in [-0.2, 0) is 0 Å². The number of rotatable bonds is 1. The van der Waals surface area contributed by atoms with Crippen molar-refractivity contribution in [1.29, 1.82) is 0 Å². The molecule has 0 atom stereocenters. The number of benzene rings is 2. The number of hydrogen-bond acceptors (Lipinski definition) is 1. The molecule has 1 heterocycles. The minimum Gasteiger partial charge on any atom is -0.330 e. The lowest BCUT2D eigenvalue weighted by Gasteiger charge is -2.07. The van der Waals surface area contributed by atoms with E-state index in [4.69, 9.17) is 12.2 Å². The molecule has 0 aliphatic rings. The lowest BCUT2D eigenvalue weighted by molar-refractivity contribution is 1.06. The fourth-order valence-corrected chi connectivity index (χ4v) is 2.86. The molecule has 96 valence electrons. The van der Waals surface area contributed by atoms with Gasteiger partial charge in [-0.25, -0.2) is 0 Å². The molecule has 3 rings (SSSR count). The second-order valence-corrected chi connectivity index (χ2v) is 6.00. The molecule has 0 fully saturated rings. The van der Waals surface area contributed by atoms with Crippen molar-refractivity contribution in [2.75, 3.05) is 0 Å². The van der Waals surface area contributed by atoms with Crippen LogP contribution in [0.3, 0.4) is 0 Å². The van der Waals surface area contributed by atoms with E-state index in [1.54, 1.807) is 0 Å². The smallest absolute Gasteiger partial charge is 0.182 e. The highest BCUT2D eigenvalue weighted by atomic mass is 79.9. The third-order valence-electron chi connectivity index (χ3n) is 3.39. The minimum absolute atomic E-state index is 0.719. The van der Waals surface area contributed by atoms with Crippen molar-refractivity contribution in [3.63, 3.8) is 0 Å². The van der Waals surface area contributed by atoms with Crippen LogP contribution in [0.15, 0.2) is 40.9 Å². The van der Waals surface area contributed by atoms with Gasteiger partial charge in [-0.15, -0.1) is 0 Å². The van der Waals surface area contributed by atoms with Crippen LogP contribution in [0.4, 0.5) is 0 Å². The average Bonchev–Trinajstić information content (AvgIpc) is 2.68. The largest absolute Gasteiger partial charge is 0.330 e. The molecule has 0 radical (unpaired) electrons. The molecule has 0 aliphatic heterocycles. The van der Waals surface area contributed by atoms with Crippen molar-refractivity contribution in [1.82, 2.24) is 9.55 Å². The van der Waals surface area contributed by atoms with E-state index in [1.807, 2.05) is 12.1 Å². The highest BCUT2D eigenvalue weighted by Gasteiger charge is 2.07. The standard InChI is InChI=1S/C15H13BrN2S/c1-9-3-5-12(7-10(9)2)18-14-8-11(16)4-6-13(14)17-15(18)19/h3-8H,1-2H3,(H,17,19). The topological polar surface area (TPSA) is 20.7 Å². The van der Waals surface area contributed by atoms with Gasteiger partial charge in [-0.2, -0.15) is 0 Å². The van der Waals surface area contributed by atoms with E-state index in [0.717, 1.165) is 26.0 Å². The van der Waals surface area contributed by atoms with E-state index in [9.17, 15) is 0 Å². The molecule has 2 nitrogen and oxygen atoms in total. The number of aromatic amines is 1. The van der Waals surface area contributed by atoms with E-state index >= 15 is 0 Å². The lowest BCUT2D eigenvalue weighted by Crippen LogP contribution is -1.95. The molecule has 2 aromatic carbocycles. The molecule has 0 saturated heterocycles. The van der Waals surface area contributed by atoms with Crippen LogP contribution < -0.4 is 0 Å². The minimum atomic E-state index is 0.719. The van der Waals surface area contributed by atoms with Gasteiger partial charge in [-0.1, -0.05) is 22.0 Å². The Balaban J connectivity index is 2.35. The Morgan fingerprint density at radius 2 is 1.84 bits per heavy atom. The third kappa shape index (κ3) is 2.15. The van der Waals surface area contributed by atoms with Gasteiger partial charge < -0.3 is 4.98 Å². The third-order valence-corrected chi connectivity index (χ3v) is 4.17. The van der Waals surface area contributed by atoms with Crippen molar-refractivity contribution in [2.45, 2.75) is 13.8 Å². The van der Waals surface area contributed by atoms with Gasteiger partial charge in [0, 0.05) is 10.2 Å². The maximum atomic E-state index is 5.45. The lowest BCUT2D eigenvalue weighted by atomic mass is 10.1. The van der Waals surface area contributed by atoms with Crippen LogP contribution in [0.2, 0.25) is 0 Å². The van der Waals surface area contributed by atoms with E-state index in [2.05, 4.69) is 63.6 Å². The monoisotopic (exact) mass is 332 g/mol. The van der Waals surface area contributed by atoms with Gasteiger partial charge in [0.15, 0.2) is 4.77 Å². The zero-order valence-corrected chi connectivity index (χ0v) is 13.1. The molecule has 0 aliphatic carbocycles. The SMILES string of the molecule is Cc1ccc(-n2c(=S)[nH]c3ccc(Br)cc32)cc1C. The molecule has 0 unspecified atom stereocenters. The fourth-order valence-electron chi connectivity index (χ4n) is 2.20. The quantitative estimate of drug-likeness (QED) is 0.617. The summed E-state index contributed by atoms with van der Waals surface area (Å²) in [7, 11) is 0. The first-order valence-corrected chi connectivity index (χ1v) is 7.24. The summed E-state index contributed by atoms with van der Waals surface area (Å²) in [5.41, 5.74) is 5.78. The fraction of sp³-hybridized carbons (Fsp3) is 0.133. The summed E-state index contributed by atoms with van der Waals surface area (Å²) >= 11 is 8.96. The summed E-state index contributed by atoms with van der Waals surface area (Å²) in [6.45, 7) is 4.23. The van der Waals surface area contributed by atoms with Gasteiger partial charge >= 0.3 is 0 Å². The molecule has 1 aromatic heterocycles. The van der Waals surface area contributed by atoms with Gasteiger partial charge in [-0.05, 0) is 67.5 Å². The zero-order valence-electron chi connectivity index (χ0n) is 10.7. The molecule has 0 amide bonds. The van der Waals surface area contributed by atoms with Crippen molar-refractivity contribution in [3.8, 4) is 5.69 Å². The second kappa shape index (κ2) is 4.62. The van der Waals surface area contributed by atoms with Gasteiger partial charge in [0.1, 0.15) is 0 Å². The zero-order chi connectivity index (χ0) is 13.6. The van der Waals surface area contributed by atoms with E-state index in [0.29, 0.717) is 0 Å². The number of imidazole rings is 1. The van der Waals surface area contributed by atoms with E-state index in [1.165, 1.54) is 11.1 Å². The average molecular weight is 333 g/mol. The van der Waals surface area contributed by atoms with Gasteiger partial charge in [0.05, 0.1) is 11.0 Å². The summed E-state index contributed by atoms with van der Waals surface area (Å²) in [6.07, 6.45) is 0. The first-order chi connectivity index (χ1) is 9.06. The van der Waals surface area contributed by atoms with Crippen molar-refractivity contribution >= 4 is 39.2 Å². The number of H-pyrrole nitrogens is 1. The normalized spacial score (nSPS) is 11.1. The molecular formula is C15H13BrN2S. The second-order valence-electron chi connectivity index (χ2n) is 4.70. The predicted molar refractivity (Wildman–Crippen MR) is 85.6 cm³/mol. The molecule has 19 heavy (non-hydrogen) atoms. The van der Waals surface area contributed by atoms with Gasteiger partial charge in [0.25, 0.3) is 0 Å². The Morgan fingerprint density at radius 3 is 2.58 bits per heavy atom.